The van der Waals surface area contributed by atoms with Crippen molar-refractivity contribution in [2.45, 2.75) is 102 Å². The van der Waals surface area contributed by atoms with E-state index < -0.39 is 30.0 Å². The summed E-state index contributed by atoms with van der Waals surface area (Å²) >= 11 is 0. The number of hydrogen-bond acceptors (Lipinski definition) is 7. The zero-order chi connectivity index (χ0) is 33.8. The third-order valence-corrected chi connectivity index (χ3v) is 9.39. The zero-order valence-electron chi connectivity index (χ0n) is 28.0. The summed E-state index contributed by atoms with van der Waals surface area (Å²) in [6.07, 6.45) is 5.02. The molecule has 47 heavy (non-hydrogen) atoms. The summed E-state index contributed by atoms with van der Waals surface area (Å²) in [6.45, 7) is 5.96. The fourth-order valence-corrected chi connectivity index (χ4v) is 6.79. The number of amides is 3. The van der Waals surface area contributed by atoms with Crippen molar-refractivity contribution in [2.75, 3.05) is 19.6 Å². The fourth-order valence-electron chi connectivity index (χ4n) is 6.79. The molecule has 256 valence electrons. The number of fused-ring (bicyclic) bond motifs is 3. The zero-order valence-corrected chi connectivity index (χ0v) is 28.0. The molecule has 0 aromatic heterocycles. The largest absolute Gasteiger partial charge is 0.345 e. The summed E-state index contributed by atoms with van der Waals surface area (Å²) in [5.41, 5.74) is 13.9. The van der Waals surface area contributed by atoms with Crippen molar-refractivity contribution in [1.82, 2.24) is 20.9 Å². The molecular formula is C37H54N6O4. The molecule has 2 aromatic carbocycles. The number of Topliss-reactive ketones (excluding diaryl/α,β-unsaturated/α-hetero) is 1. The molecule has 5 rings (SSSR count). The number of benzene rings is 2. The first kappa shape index (κ1) is 36.2. The van der Waals surface area contributed by atoms with Crippen molar-refractivity contribution in [3.63, 3.8) is 0 Å². The number of unbranched alkanes of at least 4 members (excludes halogenated alkanes) is 1. The van der Waals surface area contributed by atoms with E-state index in [1.165, 1.54) is 0 Å². The molecule has 3 fully saturated rings. The molecule has 3 aliphatic heterocycles. The SMILES string of the molecule is CC(C)CC(CC(=O)C(Cc1ccccc1)NC(=O)C(N)Cc1ccccc1)C(=O)NC(CCCCN)C(=O)N1CC2CCC1CN2. The smallest absolute Gasteiger partial charge is 0.245 e. The van der Waals surface area contributed by atoms with Crippen LogP contribution in [-0.4, -0.2) is 78.2 Å². The topological polar surface area (TPSA) is 160 Å². The predicted molar refractivity (Wildman–Crippen MR) is 184 cm³/mol. The fraction of sp³-hybridized carbons (Fsp3) is 0.568. The van der Waals surface area contributed by atoms with Crippen LogP contribution in [0.4, 0.5) is 0 Å². The van der Waals surface area contributed by atoms with Gasteiger partial charge in [-0.15, -0.1) is 0 Å². The molecule has 0 aliphatic carbocycles. The Morgan fingerprint density at radius 3 is 2.06 bits per heavy atom. The van der Waals surface area contributed by atoms with Crippen LogP contribution in [0.5, 0.6) is 0 Å². The lowest BCUT2D eigenvalue weighted by Crippen LogP contribution is -2.65. The molecule has 2 bridgehead atoms. The van der Waals surface area contributed by atoms with Crippen molar-refractivity contribution in [3.05, 3.63) is 71.8 Å². The van der Waals surface area contributed by atoms with Crippen LogP contribution in [0.3, 0.4) is 0 Å². The maximum absolute atomic E-state index is 14.0. The monoisotopic (exact) mass is 646 g/mol. The molecule has 0 saturated carbocycles. The van der Waals surface area contributed by atoms with E-state index in [0.717, 1.165) is 43.4 Å². The van der Waals surface area contributed by atoms with Crippen LogP contribution >= 0.6 is 0 Å². The predicted octanol–water partition coefficient (Wildman–Crippen LogP) is 2.48. The molecule has 10 nitrogen and oxygen atoms in total. The van der Waals surface area contributed by atoms with Gasteiger partial charge in [-0.2, -0.15) is 0 Å². The van der Waals surface area contributed by atoms with Crippen LogP contribution in [0, 0.1) is 11.8 Å². The van der Waals surface area contributed by atoms with E-state index in [1.807, 2.05) is 79.4 Å². The van der Waals surface area contributed by atoms with Gasteiger partial charge in [-0.25, -0.2) is 0 Å². The number of ketones is 1. The Kier molecular flexibility index (Phi) is 13.9. The second-order valence-electron chi connectivity index (χ2n) is 13.7. The molecule has 3 heterocycles. The third kappa shape index (κ3) is 11.0. The molecule has 0 radical (unpaired) electrons. The highest BCUT2D eigenvalue weighted by atomic mass is 16.2. The van der Waals surface area contributed by atoms with Gasteiger partial charge >= 0.3 is 0 Å². The van der Waals surface area contributed by atoms with E-state index in [1.54, 1.807) is 0 Å². The number of nitrogens with zero attached hydrogens (tertiary/aromatic N) is 1. The van der Waals surface area contributed by atoms with Gasteiger partial charge in [0.25, 0.3) is 0 Å². The Balaban J connectivity index is 1.48. The van der Waals surface area contributed by atoms with Gasteiger partial charge < -0.3 is 32.3 Å². The molecule has 3 amide bonds. The highest BCUT2D eigenvalue weighted by Crippen LogP contribution is 2.25. The maximum atomic E-state index is 14.0. The van der Waals surface area contributed by atoms with Crippen molar-refractivity contribution in [3.8, 4) is 0 Å². The van der Waals surface area contributed by atoms with Gasteiger partial charge in [0.2, 0.25) is 17.7 Å². The lowest BCUT2D eigenvalue weighted by Gasteiger charge is -2.47. The highest BCUT2D eigenvalue weighted by molar-refractivity contribution is 5.95. The van der Waals surface area contributed by atoms with Gasteiger partial charge in [-0.3, -0.25) is 19.2 Å². The van der Waals surface area contributed by atoms with E-state index in [-0.39, 0.29) is 48.4 Å². The van der Waals surface area contributed by atoms with E-state index >= 15 is 0 Å². The summed E-state index contributed by atoms with van der Waals surface area (Å²) < 4.78 is 0. The summed E-state index contributed by atoms with van der Waals surface area (Å²) in [7, 11) is 0. The molecule has 10 heteroatoms. The van der Waals surface area contributed by atoms with Crippen molar-refractivity contribution >= 4 is 23.5 Å². The Labute approximate surface area is 279 Å². The van der Waals surface area contributed by atoms with Gasteiger partial charge in [-0.1, -0.05) is 74.5 Å². The van der Waals surface area contributed by atoms with E-state index in [9.17, 15) is 19.2 Å². The average Bonchev–Trinajstić information content (AvgIpc) is 3.08. The summed E-state index contributed by atoms with van der Waals surface area (Å²) in [6, 6.07) is 17.1. The normalized spacial score (nSPS) is 19.9. The van der Waals surface area contributed by atoms with Crippen molar-refractivity contribution in [2.24, 2.45) is 23.3 Å². The average molecular weight is 647 g/mol. The Morgan fingerprint density at radius 1 is 0.872 bits per heavy atom. The standard InChI is InChI=1S/C37H54N6O4/c1-25(2)19-28(35(45)41-32(15-9-10-18-38)37(47)43-24-29-16-17-30(43)23-40-29)22-34(44)33(21-27-13-7-4-8-14-27)42-36(46)31(39)20-26-11-5-3-6-12-26/h3-8,11-14,25,28-33,40H,9-10,15-24,38-39H2,1-2H3,(H,41,45)(H,42,46). The summed E-state index contributed by atoms with van der Waals surface area (Å²) in [5, 5.41) is 9.46. The number of piperazine rings is 1. The lowest BCUT2D eigenvalue weighted by molar-refractivity contribution is -0.143. The second kappa shape index (κ2) is 18.1. The second-order valence-corrected chi connectivity index (χ2v) is 13.7. The number of carbonyl (C=O) groups excluding carboxylic acids is 4. The third-order valence-electron chi connectivity index (χ3n) is 9.39. The van der Waals surface area contributed by atoms with Crippen molar-refractivity contribution < 1.29 is 19.2 Å². The molecule has 6 unspecified atom stereocenters. The van der Waals surface area contributed by atoms with E-state index in [4.69, 9.17) is 11.5 Å². The Morgan fingerprint density at radius 2 is 1.51 bits per heavy atom. The molecule has 2 aromatic rings. The molecule has 6 atom stereocenters. The van der Waals surface area contributed by atoms with Crippen LogP contribution in [0.25, 0.3) is 0 Å². The first-order valence-corrected chi connectivity index (χ1v) is 17.3. The minimum absolute atomic E-state index is 0.0529. The van der Waals surface area contributed by atoms with Crippen LogP contribution in [0.2, 0.25) is 0 Å². The first-order valence-electron chi connectivity index (χ1n) is 17.3. The molecule has 7 N–H and O–H groups in total. The number of hydrogen-bond donors (Lipinski definition) is 5. The van der Waals surface area contributed by atoms with Crippen LogP contribution in [0.1, 0.15) is 69.9 Å². The minimum atomic E-state index is -0.854. The number of nitrogens with two attached hydrogens (primary N) is 2. The van der Waals surface area contributed by atoms with Gasteiger partial charge in [0.1, 0.15) is 6.04 Å². The van der Waals surface area contributed by atoms with Gasteiger partial charge in [0.05, 0.1) is 12.1 Å². The van der Waals surface area contributed by atoms with Crippen LogP contribution in [-0.2, 0) is 32.0 Å². The van der Waals surface area contributed by atoms with E-state index in [0.29, 0.717) is 32.4 Å². The minimum Gasteiger partial charge on any atom is -0.345 e. The summed E-state index contributed by atoms with van der Waals surface area (Å²) in [5.74, 6) is -1.52. The highest BCUT2D eigenvalue weighted by Gasteiger charge is 2.39. The number of carbonyl (C=O) groups is 4. The quantitative estimate of drug-likeness (QED) is 0.156. The number of rotatable bonds is 18. The number of piperidine rings is 2. The Hall–Kier alpha value is -3.60. The van der Waals surface area contributed by atoms with Gasteiger partial charge in [0, 0.05) is 37.5 Å². The van der Waals surface area contributed by atoms with E-state index in [2.05, 4.69) is 16.0 Å². The molecule has 0 spiro atoms. The maximum Gasteiger partial charge on any atom is 0.245 e. The van der Waals surface area contributed by atoms with Gasteiger partial charge in [-0.05, 0) is 75.0 Å². The van der Waals surface area contributed by atoms with Crippen LogP contribution in [0.15, 0.2) is 60.7 Å². The van der Waals surface area contributed by atoms with Crippen LogP contribution < -0.4 is 27.4 Å². The summed E-state index contributed by atoms with van der Waals surface area (Å²) in [4.78, 5) is 57.0. The molecule has 3 saturated heterocycles. The lowest BCUT2D eigenvalue weighted by atomic mass is 9.87. The molecule has 3 aliphatic rings. The molecular weight excluding hydrogens is 592 g/mol. The Bertz CT molecular complexity index is 1300. The number of nitrogens with one attached hydrogen (secondary N) is 3. The van der Waals surface area contributed by atoms with Gasteiger partial charge in [0.15, 0.2) is 5.78 Å². The first-order chi connectivity index (χ1) is 22.6. The van der Waals surface area contributed by atoms with Crippen molar-refractivity contribution in [1.29, 1.82) is 0 Å².